The van der Waals surface area contributed by atoms with E-state index in [-0.39, 0.29) is 5.70 Å². The van der Waals surface area contributed by atoms with Gasteiger partial charge in [0.25, 0.3) is 0 Å². The molecule has 0 atom stereocenters. The Hall–Kier alpha value is -1.75. The number of azo groups is 1. The maximum Gasteiger partial charge on any atom is 0.357 e. The first-order valence-electron chi connectivity index (χ1n) is 3.96. The van der Waals surface area contributed by atoms with Crippen LogP contribution >= 0.6 is 11.3 Å². The topological polar surface area (TPSA) is 62.0 Å². The van der Waals surface area contributed by atoms with Gasteiger partial charge in [0.15, 0.2) is 5.70 Å². The standard InChI is InChI=1S/C9H4N2O2S/c12-9(13)7-5-3-4-1-2-14-8(4)6(5)10-11-7/h1-3H,(H,12,13). The van der Waals surface area contributed by atoms with Crippen LogP contribution in [-0.4, -0.2) is 11.1 Å². The maximum atomic E-state index is 10.8. The average Bonchev–Trinajstić information content (AvgIpc) is 2.70. The molecule has 0 aromatic carbocycles. The lowest BCUT2D eigenvalue weighted by molar-refractivity contribution is -0.132. The third-order valence-corrected chi connectivity index (χ3v) is 3.11. The van der Waals surface area contributed by atoms with Gasteiger partial charge in [-0.1, -0.05) is 0 Å². The van der Waals surface area contributed by atoms with Gasteiger partial charge in [0.2, 0.25) is 0 Å². The minimum absolute atomic E-state index is 0.0448. The molecule has 0 unspecified atom stereocenters. The van der Waals surface area contributed by atoms with Gasteiger partial charge in [-0.2, -0.15) is 0 Å². The first kappa shape index (κ1) is 7.64. The molecule has 0 saturated carbocycles. The lowest BCUT2D eigenvalue weighted by Crippen LogP contribution is -2.14. The monoisotopic (exact) mass is 204 g/mol. The molecule has 0 spiro atoms. The van der Waals surface area contributed by atoms with Crippen molar-refractivity contribution in [3.8, 4) is 0 Å². The summed E-state index contributed by atoms with van der Waals surface area (Å²) in [6.07, 6.45) is 1.82. The van der Waals surface area contributed by atoms with E-state index in [9.17, 15) is 4.79 Å². The molecule has 3 rings (SSSR count). The van der Waals surface area contributed by atoms with Crippen LogP contribution < -0.4 is 9.75 Å². The Morgan fingerprint density at radius 1 is 1.43 bits per heavy atom. The van der Waals surface area contributed by atoms with Gasteiger partial charge in [0.05, 0.1) is 4.53 Å². The second-order valence-corrected chi connectivity index (χ2v) is 3.88. The molecule has 5 heteroatoms. The third-order valence-electron chi connectivity index (χ3n) is 2.17. The Balaban J connectivity index is 2.42. The summed E-state index contributed by atoms with van der Waals surface area (Å²) in [5.74, 6) is -1.02. The summed E-state index contributed by atoms with van der Waals surface area (Å²) in [5.41, 5.74) is 1.38. The highest BCUT2D eigenvalue weighted by atomic mass is 32.1. The Morgan fingerprint density at radius 2 is 2.29 bits per heavy atom. The van der Waals surface area contributed by atoms with E-state index in [1.165, 1.54) is 0 Å². The fourth-order valence-corrected chi connectivity index (χ4v) is 2.44. The summed E-state index contributed by atoms with van der Waals surface area (Å²) >= 11 is 1.55. The molecular formula is C9H4N2O2S. The zero-order valence-electron chi connectivity index (χ0n) is 6.89. The highest BCUT2D eigenvalue weighted by Crippen LogP contribution is 2.28. The fourth-order valence-electron chi connectivity index (χ4n) is 1.56. The van der Waals surface area contributed by atoms with E-state index in [0.717, 1.165) is 9.75 Å². The third kappa shape index (κ3) is 0.793. The second-order valence-electron chi connectivity index (χ2n) is 2.97. The minimum Gasteiger partial charge on any atom is -0.476 e. The summed E-state index contributed by atoms with van der Waals surface area (Å²) in [5, 5.41) is 19.4. The van der Waals surface area contributed by atoms with Crippen molar-refractivity contribution >= 4 is 29.1 Å². The summed E-state index contributed by atoms with van der Waals surface area (Å²) in [4.78, 5) is 10.8. The largest absolute Gasteiger partial charge is 0.476 e. The maximum absolute atomic E-state index is 10.8. The van der Waals surface area contributed by atoms with E-state index in [1.807, 2.05) is 17.5 Å². The van der Waals surface area contributed by atoms with E-state index < -0.39 is 5.97 Å². The zero-order chi connectivity index (χ0) is 9.71. The molecule has 0 fully saturated rings. The van der Waals surface area contributed by atoms with Crippen LogP contribution in [0.5, 0.6) is 0 Å². The highest BCUT2D eigenvalue weighted by Gasteiger charge is 2.25. The molecule has 1 aromatic rings. The van der Waals surface area contributed by atoms with E-state index >= 15 is 0 Å². The van der Waals surface area contributed by atoms with Crippen LogP contribution in [0.3, 0.4) is 0 Å². The van der Waals surface area contributed by atoms with Gasteiger partial charge in [-0.15, -0.1) is 21.6 Å². The van der Waals surface area contributed by atoms with Crippen LogP contribution in [0.25, 0.3) is 11.8 Å². The zero-order valence-corrected chi connectivity index (χ0v) is 7.71. The molecule has 68 valence electrons. The first-order chi connectivity index (χ1) is 6.77. The summed E-state index contributed by atoms with van der Waals surface area (Å²) < 4.78 is 1.01. The van der Waals surface area contributed by atoms with Gasteiger partial charge >= 0.3 is 5.97 Å². The first-order valence-corrected chi connectivity index (χ1v) is 4.84. The molecule has 0 radical (unpaired) electrons. The molecule has 2 aliphatic rings. The van der Waals surface area contributed by atoms with Crippen molar-refractivity contribution in [3.05, 3.63) is 32.5 Å². The predicted octanol–water partition coefficient (Wildman–Crippen LogP) is 0.455. The predicted molar refractivity (Wildman–Crippen MR) is 51.0 cm³/mol. The summed E-state index contributed by atoms with van der Waals surface area (Å²) in [6.45, 7) is 0. The quantitative estimate of drug-likeness (QED) is 0.722. The molecular weight excluding hydrogens is 200 g/mol. The van der Waals surface area contributed by atoms with Crippen molar-refractivity contribution in [2.75, 3.05) is 0 Å². The Kier molecular flexibility index (Phi) is 1.30. The minimum atomic E-state index is -1.02. The average molecular weight is 204 g/mol. The number of hydrogen-bond acceptors (Lipinski definition) is 4. The molecule has 1 aliphatic heterocycles. The van der Waals surface area contributed by atoms with Gasteiger partial charge in [-0.05, 0) is 22.7 Å². The van der Waals surface area contributed by atoms with E-state index in [1.54, 1.807) is 11.3 Å². The molecule has 4 nitrogen and oxygen atoms in total. The number of fused-ring (bicyclic) bond motifs is 2. The van der Waals surface area contributed by atoms with Crippen molar-refractivity contribution in [2.45, 2.75) is 0 Å². The van der Waals surface area contributed by atoms with Crippen molar-refractivity contribution in [2.24, 2.45) is 10.2 Å². The second kappa shape index (κ2) is 2.39. The Labute approximate surface area is 82.2 Å². The van der Waals surface area contributed by atoms with Crippen molar-refractivity contribution < 1.29 is 9.90 Å². The SMILES string of the molecule is O=C(O)C1=C2C=c3ccsc3=C2N=N1. The van der Waals surface area contributed by atoms with Crippen molar-refractivity contribution in [3.63, 3.8) is 0 Å². The molecule has 1 N–H and O–H groups in total. The van der Waals surface area contributed by atoms with Crippen LogP contribution in [0, 0.1) is 0 Å². The molecule has 0 amide bonds. The molecule has 14 heavy (non-hydrogen) atoms. The van der Waals surface area contributed by atoms with Crippen LogP contribution in [-0.2, 0) is 4.79 Å². The van der Waals surface area contributed by atoms with Gasteiger partial charge in [-0.3, -0.25) is 0 Å². The van der Waals surface area contributed by atoms with Gasteiger partial charge in [0, 0.05) is 5.57 Å². The van der Waals surface area contributed by atoms with E-state index in [4.69, 9.17) is 5.11 Å². The normalized spacial score (nSPS) is 17.0. The number of hydrogen-bond donors (Lipinski definition) is 1. The molecule has 0 bridgehead atoms. The number of carboxylic acid groups (broad SMARTS) is 1. The number of aliphatic carboxylic acids is 1. The molecule has 0 saturated heterocycles. The Morgan fingerprint density at radius 3 is 3.07 bits per heavy atom. The number of carboxylic acids is 1. The molecule has 1 aromatic heterocycles. The lowest BCUT2D eigenvalue weighted by Gasteiger charge is -1.89. The van der Waals surface area contributed by atoms with E-state index in [0.29, 0.717) is 11.3 Å². The van der Waals surface area contributed by atoms with Gasteiger partial charge in [0.1, 0.15) is 5.70 Å². The number of thiophene rings is 1. The van der Waals surface area contributed by atoms with Crippen molar-refractivity contribution in [1.29, 1.82) is 0 Å². The highest BCUT2D eigenvalue weighted by molar-refractivity contribution is 7.07. The van der Waals surface area contributed by atoms with Crippen LogP contribution in [0.15, 0.2) is 32.9 Å². The Bertz CT molecular complexity index is 621. The van der Waals surface area contributed by atoms with Crippen LogP contribution in [0.4, 0.5) is 0 Å². The smallest absolute Gasteiger partial charge is 0.357 e. The van der Waals surface area contributed by atoms with E-state index in [2.05, 4.69) is 10.2 Å². The summed E-state index contributed by atoms with van der Waals surface area (Å²) in [6, 6.07) is 1.95. The van der Waals surface area contributed by atoms with Gasteiger partial charge in [-0.25, -0.2) is 4.79 Å². The molecule has 2 heterocycles. The molecule has 1 aliphatic carbocycles. The number of carbonyl (C=O) groups is 1. The number of rotatable bonds is 1. The van der Waals surface area contributed by atoms with Crippen molar-refractivity contribution in [1.82, 2.24) is 0 Å². The number of nitrogens with zero attached hydrogens (tertiary/aromatic N) is 2. The lowest BCUT2D eigenvalue weighted by atomic mass is 10.2. The van der Waals surface area contributed by atoms with Crippen LogP contribution in [0.2, 0.25) is 0 Å². The summed E-state index contributed by atoms with van der Waals surface area (Å²) in [7, 11) is 0. The fraction of sp³-hybridized carbons (Fsp3) is 0. The van der Waals surface area contributed by atoms with Crippen LogP contribution in [0.1, 0.15) is 0 Å². The van der Waals surface area contributed by atoms with Gasteiger partial charge < -0.3 is 5.11 Å².